The first-order valence-corrected chi connectivity index (χ1v) is 21.7. The van der Waals surface area contributed by atoms with E-state index < -0.39 is 0 Å². The zero-order chi connectivity index (χ0) is 40.7. The molecule has 62 heavy (non-hydrogen) atoms. The Morgan fingerprint density at radius 1 is 0.323 bits per heavy atom. The largest absolute Gasteiger partial charge is 0.310 e. The number of allylic oxidation sites excluding steroid dienone is 4. The molecular formula is C60H40N2. The van der Waals surface area contributed by atoms with Crippen molar-refractivity contribution >= 4 is 81.6 Å². The van der Waals surface area contributed by atoms with Crippen molar-refractivity contribution in [3.05, 3.63) is 230 Å². The fourth-order valence-electron chi connectivity index (χ4n) is 10.5. The third kappa shape index (κ3) is 5.36. The highest BCUT2D eigenvalue weighted by atomic mass is 15.0. The lowest BCUT2D eigenvalue weighted by Crippen LogP contribution is -2.02. The Morgan fingerprint density at radius 3 is 1.39 bits per heavy atom. The minimum atomic E-state index is 0.352. The maximum atomic E-state index is 2.45. The van der Waals surface area contributed by atoms with Gasteiger partial charge in [0.05, 0.1) is 22.1 Å². The van der Waals surface area contributed by atoms with Crippen molar-refractivity contribution in [3.63, 3.8) is 0 Å². The van der Waals surface area contributed by atoms with Crippen LogP contribution in [-0.4, -0.2) is 9.13 Å². The van der Waals surface area contributed by atoms with Crippen LogP contribution in [0.15, 0.2) is 224 Å². The molecule has 0 amide bonds. The molecule has 1 unspecified atom stereocenters. The lowest BCUT2D eigenvalue weighted by Gasteiger charge is -2.19. The first kappa shape index (κ1) is 34.9. The molecular weight excluding hydrogens is 749 g/mol. The van der Waals surface area contributed by atoms with E-state index in [1.165, 1.54) is 115 Å². The first-order valence-electron chi connectivity index (χ1n) is 21.7. The molecule has 2 heteroatoms. The van der Waals surface area contributed by atoms with E-state index in [0.29, 0.717) is 5.92 Å². The third-order valence-electron chi connectivity index (χ3n) is 13.4. The van der Waals surface area contributed by atoms with Crippen molar-refractivity contribution in [2.24, 2.45) is 0 Å². The monoisotopic (exact) mass is 788 g/mol. The van der Waals surface area contributed by atoms with Crippen LogP contribution in [0.5, 0.6) is 0 Å². The summed E-state index contributed by atoms with van der Waals surface area (Å²) in [4.78, 5) is 0. The second-order valence-corrected chi connectivity index (χ2v) is 16.8. The van der Waals surface area contributed by atoms with E-state index >= 15 is 0 Å². The van der Waals surface area contributed by atoms with Crippen molar-refractivity contribution in [1.82, 2.24) is 9.13 Å². The average molecular weight is 789 g/mol. The fourth-order valence-corrected chi connectivity index (χ4v) is 10.5. The molecule has 1 atom stereocenters. The zero-order valence-corrected chi connectivity index (χ0v) is 34.0. The first-order chi connectivity index (χ1) is 30.7. The van der Waals surface area contributed by atoms with Gasteiger partial charge in [-0.3, -0.25) is 0 Å². The van der Waals surface area contributed by atoms with Gasteiger partial charge in [0.2, 0.25) is 0 Å². The van der Waals surface area contributed by atoms with Crippen LogP contribution in [0.4, 0.5) is 0 Å². The number of fused-ring (bicyclic) bond motifs is 12. The highest BCUT2D eigenvalue weighted by molar-refractivity contribution is 6.25. The molecule has 0 spiro atoms. The van der Waals surface area contributed by atoms with E-state index in [1.54, 1.807) is 0 Å². The quantitative estimate of drug-likeness (QED) is 0.154. The van der Waals surface area contributed by atoms with Gasteiger partial charge in [-0.25, -0.2) is 0 Å². The van der Waals surface area contributed by atoms with Crippen LogP contribution in [0.2, 0.25) is 0 Å². The number of para-hydroxylation sites is 2. The van der Waals surface area contributed by atoms with E-state index in [9.17, 15) is 0 Å². The zero-order valence-electron chi connectivity index (χ0n) is 34.0. The van der Waals surface area contributed by atoms with Crippen LogP contribution in [0.25, 0.3) is 110 Å². The van der Waals surface area contributed by atoms with Crippen LogP contribution in [0.1, 0.15) is 17.9 Å². The summed E-state index contributed by atoms with van der Waals surface area (Å²) in [6, 6.07) is 76.1. The van der Waals surface area contributed by atoms with Crippen molar-refractivity contribution in [2.75, 3.05) is 0 Å². The van der Waals surface area contributed by atoms with Gasteiger partial charge in [-0.05, 0) is 121 Å². The highest BCUT2D eigenvalue weighted by Crippen LogP contribution is 2.41. The Balaban J connectivity index is 0.886. The summed E-state index contributed by atoms with van der Waals surface area (Å²) in [5.74, 6) is 0.352. The van der Waals surface area contributed by atoms with Gasteiger partial charge in [0, 0.05) is 38.8 Å². The molecule has 1 aliphatic carbocycles. The number of aromatic nitrogens is 2. The Kier molecular flexibility index (Phi) is 7.77. The minimum absolute atomic E-state index is 0.352. The normalized spacial score (nSPS) is 14.3. The van der Waals surface area contributed by atoms with Crippen LogP contribution < -0.4 is 0 Å². The maximum absolute atomic E-state index is 2.45. The summed E-state index contributed by atoms with van der Waals surface area (Å²) >= 11 is 0. The number of nitrogens with zero attached hydrogens (tertiary/aromatic N) is 2. The molecule has 290 valence electrons. The molecule has 2 aromatic heterocycles. The van der Waals surface area contributed by atoms with Crippen LogP contribution >= 0.6 is 0 Å². The van der Waals surface area contributed by atoms with Crippen molar-refractivity contribution in [1.29, 1.82) is 0 Å². The average Bonchev–Trinajstić information content (AvgIpc) is 3.86. The van der Waals surface area contributed by atoms with E-state index in [1.807, 2.05) is 0 Å². The van der Waals surface area contributed by atoms with Crippen LogP contribution in [-0.2, 0) is 0 Å². The summed E-state index contributed by atoms with van der Waals surface area (Å²) in [6.07, 6.45) is 8.08. The molecule has 0 radical (unpaired) electrons. The number of hydrogen-bond acceptors (Lipinski definition) is 0. The van der Waals surface area contributed by atoms with Gasteiger partial charge in [0.15, 0.2) is 0 Å². The molecule has 1 aliphatic rings. The topological polar surface area (TPSA) is 9.86 Å². The molecule has 0 aliphatic heterocycles. The Morgan fingerprint density at radius 2 is 0.790 bits per heavy atom. The summed E-state index contributed by atoms with van der Waals surface area (Å²) in [6.45, 7) is 0. The van der Waals surface area contributed by atoms with Gasteiger partial charge in [0.1, 0.15) is 0 Å². The molecule has 0 bridgehead atoms. The third-order valence-corrected chi connectivity index (χ3v) is 13.4. The molecule has 0 N–H and O–H groups in total. The maximum Gasteiger partial charge on any atom is 0.0541 e. The second kappa shape index (κ2) is 13.8. The summed E-state index contributed by atoms with van der Waals surface area (Å²) < 4.78 is 4.90. The summed E-state index contributed by atoms with van der Waals surface area (Å²) in [7, 11) is 0. The van der Waals surface area contributed by atoms with E-state index in [2.05, 4.69) is 234 Å². The molecule has 13 rings (SSSR count). The Labute approximate surface area is 359 Å². The Hall–Kier alpha value is -7.94. The Bertz CT molecular complexity index is 3790. The van der Waals surface area contributed by atoms with Crippen LogP contribution in [0, 0.1) is 0 Å². The molecule has 0 saturated heterocycles. The summed E-state index contributed by atoms with van der Waals surface area (Å²) in [5, 5.41) is 12.8. The fraction of sp³-hybridized carbons (Fsp3) is 0.0333. The molecule has 2 nitrogen and oxygen atoms in total. The molecule has 0 saturated carbocycles. The van der Waals surface area contributed by atoms with Crippen molar-refractivity contribution in [2.45, 2.75) is 12.3 Å². The number of hydrogen-bond donors (Lipinski definition) is 0. The van der Waals surface area contributed by atoms with E-state index in [-0.39, 0.29) is 0 Å². The lowest BCUT2D eigenvalue weighted by molar-refractivity contribution is 0.850. The molecule has 0 fully saturated rings. The van der Waals surface area contributed by atoms with Gasteiger partial charge < -0.3 is 9.13 Å². The summed E-state index contributed by atoms with van der Waals surface area (Å²) in [5.41, 5.74) is 13.6. The van der Waals surface area contributed by atoms with E-state index in [0.717, 1.165) is 6.42 Å². The van der Waals surface area contributed by atoms with E-state index in [4.69, 9.17) is 0 Å². The lowest BCUT2D eigenvalue weighted by atomic mass is 9.90. The second-order valence-electron chi connectivity index (χ2n) is 16.8. The van der Waals surface area contributed by atoms with Gasteiger partial charge in [-0.2, -0.15) is 0 Å². The van der Waals surface area contributed by atoms with Crippen molar-refractivity contribution in [3.8, 4) is 27.9 Å². The minimum Gasteiger partial charge on any atom is -0.310 e. The van der Waals surface area contributed by atoms with Gasteiger partial charge >= 0.3 is 0 Å². The van der Waals surface area contributed by atoms with Gasteiger partial charge in [-0.1, -0.05) is 170 Å². The molecule has 10 aromatic carbocycles. The predicted octanol–water partition coefficient (Wildman–Crippen LogP) is 16.3. The number of benzene rings is 10. The SMILES string of the molecule is C1=CC(c2ccc(-c3ccccc3)cc2)CC=C1n1c2ccccc2c2cc(-c3ccc4c(c3)c3ccccc3n4-c3ccc4c5ccccc5c5ccccc5c4c3)ccc21. The van der Waals surface area contributed by atoms with Gasteiger partial charge in [-0.15, -0.1) is 0 Å². The molecule has 12 aromatic rings. The standard InChI is InChI=1S/C60H40N2/c1-2-12-39(13-3-1)40-22-24-41(25-23-40)42-26-30-45(31-27-42)61-57-20-10-8-18-52(57)55-36-43(28-34-59(55)61)44-29-35-60-56(37-44)53-19-9-11-21-58(53)62(60)46-32-33-51-49-16-5-4-14-47(49)48-15-6-7-17-50(48)54(51)38-46/h1-26,28-38,42H,27H2. The predicted molar refractivity (Wildman–Crippen MR) is 264 cm³/mol. The van der Waals surface area contributed by atoms with Gasteiger partial charge in [0.25, 0.3) is 0 Å². The van der Waals surface area contributed by atoms with Crippen molar-refractivity contribution < 1.29 is 0 Å². The highest BCUT2D eigenvalue weighted by Gasteiger charge is 2.19. The number of rotatable bonds is 5. The molecule has 2 heterocycles. The smallest absolute Gasteiger partial charge is 0.0541 e. The van der Waals surface area contributed by atoms with Crippen LogP contribution in [0.3, 0.4) is 0 Å².